The lowest BCUT2D eigenvalue weighted by molar-refractivity contribution is 0.102. The van der Waals surface area contributed by atoms with Crippen molar-refractivity contribution in [3.05, 3.63) is 140 Å². The van der Waals surface area contributed by atoms with Crippen molar-refractivity contribution in [3.63, 3.8) is 0 Å². The third-order valence-electron chi connectivity index (χ3n) is 6.70. The zero-order valence-corrected chi connectivity index (χ0v) is 24.6. The van der Waals surface area contributed by atoms with Crippen LogP contribution in [-0.2, 0) is 5.75 Å². The van der Waals surface area contributed by atoms with E-state index in [2.05, 4.69) is 31.2 Å². The third-order valence-corrected chi connectivity index (χ3v) is 8.39. The summed E-state index contributed by atoms with van der Waals surface area (Å²) in [6, 6.07) is 29.8. The second-order valence-corrected chi connectivity index (χ2v) is 11.4. The van der Waals surface area contributed by atoms with Crippen molar-refractivity contribution >= 4 is 63.1 Å². The Morgan fingerprint density at radius 2 is 1.70 bits per heavy atom. The number of thioether (sulfide) groups is 1. The summed E-state index contributed by atoms with van der Waals surface area (Å²) in [7, 11) is 0. The van der Waals surface area contributed by atoms with Crippen LogP contribution in [0.15, 0.2) is 107 Å². The highest BCUT2D eigenvalue weighted by molar-refractivity contribution is 7.98. The second-order valence-electron chi connectivity index (χ2n) is 9.60. The molecule has 0 saturated carbocycles. The van der Waals surface area contributed by atoms with Crippen LogP contribution in [0.1, 0.15) is 15.9 Å². The Bertz CT molecular complexity index is 2080. The summed E-state index contributed by atoms with van der Waals surface area (Å²) in [6.45, 7) is 7.64. The van der Waals surface area contributed by atoms with Crippen LogP contribution in [0.25, 0.3) is 38.3 Å². The zero-order chi connectivity index (χ0) is 29.9. The molecule has 6 rings (SSSR count). The number of fused-ring (bicyclic) bond motifs is 1. The van der Waals surface area contributed by atoms with Crippen molar-refractivity contribution in [2.45, 2.75) is 10.9 Å². The average Bonchev–Trinajstić information content (AvgIpc) is 3.46. The summed E-state index contributed by atoms with van der Waals surface area (Å²) in [5.41, 5.74) is 5.19. The Morgan fingerprint density at radius 3 is 2.51 bits per heavy atom. The molecule has 0 atom stereocenters. The normalized spacial score (nSPS) is 10.9. The predicted octanol–water partition coefficient (Wildman–Crippen LogP) is 8.99. The number of amides is 1. The van der Waals surface area contributed by atoms with Gasteiger partial charge in [0.15, 0.2) is 5.16 Å². The van der Waals surface area contributed by atoms with Gasteiger partial charge < -0.3 is 15.3 Å². The van der Waals surface area contributed by atoms with Crippen molar-refractivity contribution in [2.75, 3.05) is 5.32 Å². The number of hydrogen-bond acceptors (Lipinski definition) is 4. The number of H-pyrrole nitrogens is 2. The molecule has 6 aromatic rings. The Labute approximate surface area is 260 Å². The van der Waals surface area contributed by atoms with Gasteiger partial charge in [-0.2, -0.15) is 0 Å². The van der Waals surface area contributed by atoms with Crippen LogP contribution < -0.4 is 10.9 Å². The van der Waals surface area contributed by atoms with E-state index in [-0.39, 0.29) is 11.6 Å². The molecule has 0 unspecified atom stereocenters. The smallest absolute Gasteiger partial charge is 0.276 e. The number of aromatic nitrogens is 3. The van der Waals surface area contributed by atoms with Crippen LogP contribution in [-0.4, -0.2) is 20.9 Å². The molecule has 0 aliphatic rings. The van der Waals surface area contributed by atoms with Crippen molar-refractivity contribution in [2.24, 2.45) is 0 Å². The number of rotatable bonds is 7. The maximum atomic E-state index is 12.9. The molecule has 2 aromatic heterocycles. The van der Waals surface area contributed by atoms with Gasteiger partial charge in [0.1, 0.15) is 0 Å². The third kappa shape index (κ3) is 6.20. The fourth-order valence-corrected chi connectivity index (χ4v) is 5.72. The summed E-state index contributed by atoms with van der Waals surface area (Å²) in [5.74, 6) is 0.147. The van der Waals surface area contributed by atoms with Gasteiger partial charge in [0, 0.05) is 33.6 Å². The molecule has 210 valence electrons. The molecule has 0 aliphatic heterocycles. The number of nitrogens with zero attached hydrogens (tertiary/aromatic N) is 2. The molecule has 3 N–H and O–H groups in total. The fraction of sp³-hybridized carbons (Fsp3) is 0.0303. The first-order valence-electron chi connectivity index (χ1n) is 13.1. The molecule has 0 fully saturated rings. The molecule has 0 spiro atoms. The second kappa shape index (κ2) is 12.2. The number of anilines is 1. The minimum absolute atomic E-state index is 0.0647. The van der Waals surface area contributed by atoms with Crippen molar-refractivity contribution < 1.29 is 4.79 Å². The van der Waals surface area contributed by atoms with E-state index in [1.807, 2.05) is 66.7 Å². The number of aromatic amines is 2. The molecule has 10 heteroatoms. The van der Waals surface area contributed by atoms with E-state index in [4.69, 9.17) is 29.8 Å². The van der Waals surface area contributed by atoms with Crippen molar-refractivity contribution in [3.8, 4) is 22.5 Å². The SMILES string of the molecule is [C-]#[N+]c1c(-c2cccc(-c3cc4ccccc4[nH]3)c2)nc(SCc2cccc(NC(=O)c3ccc(Cl)c(Cl)c3)c2)[nH]c1=O. The van der Waals surface area contributed by atoms with Crippen LogP contribution in [0.3, 0.4) is 0 Å². The largest absolute Gasteiger partial charge is 0.355 e. The standard InChI is InChI=1S/C33H21Cl2N5O2S/c1-36-30-29(22-9-5-8-20(15-22)28-17-21-7-2-3-11-27(21)38-28)39-33(40-32(30)42)43-18-19-6-4-10-24(14-19)37-31(41)23-12-13-25(34)26(35)16-23/h2-17,38H,18H2,(H,37,41)(H,39,40,42). The summed E-state index contributed by atoms with van der Waals surface area (Å²) < 4.78 is 0. The molecule has 2 heterocycles. The summed E-state index contributed by atoms with van der Waals surface area (Å²) in [4.78, 5) is 39.9. The number of nitrogens with one attached hydrogen (secondary N) is 3. The number of para-hydroxylation sites is 1. The molecule has 43 heavy (non-hydrogen) atoms. The molecule has 0 saturated heterocycles. The van der Waals surface area contributed by atoms with Crippen molar-refractivity contribution in [1.29, 1.82) is 0 Å². The summed E-state index contributed by atoms with van der Waals surface area (Å²) >= 11 is 13.3. The van der Waals surface area contributed by atoms with E-state index < -0.39 is 5.56 Å². The Balaban J connectivity index is 1.23. The lowest BCUT2D eigenvalue weighted by atomic mass is 10.0. The van der Waals surface area contributed by atoms with Gasteiger partial charge in [0.25, 0.3) is 17.2 Å². The molecule has 0 bridgehead atoms. The van der Waals surface area contributed by atoms with Crippen LogP contribution in [0.2, 0.25) is 10.0 Å². The Kier molecular flexibility index (Phi) is 8.03. The topological polar surface area (TPSA) is 95.0 Å². The minimum atomic E-state index is -0.499. The summed E-state index contributed by atoms with van der Waals surface area (Å²) in [6.07, 6.45) is 0. The van der Waals surface area contributed by atoms with Gasteiger partial charge in [-0.25, -0.2) is 9.83 Å². The average molecular weight is 623 g/mol. The monoisotopic (exact) mass is 621 g/mol. The van der Waals surface area contributed by atoms with E-state index in [0.717, 1.165) is 27.7 Å². The number of carbonyl (C=O) groups is 1. The Morgan fingerprint density at radius 1 is 0.884 bits per heavy atom. The van der Waals surface area contributed by atoms with E-state index in [0.29, 0.717) is 43.5 Å². The zero-order valence-electron chi connectivity index (χ0n) is 22.3. The van der Waals surface area contributed by atoms with E-state index >= 15 is 0 Å². The fourth-order valence-electron chi connectivity index (χ4n) is 4.61. The van der Waals surface area contributed by atoms with Crippen LogP contribution in [0, 0.1) is 6.57 Å². The molecular formula is C33H21Cl2N5O2S. The minimum Gasteiger partial charge on any atom is -0.355 e. The lowest BCUT2D eigenvalue weighted by Gasteiger charge is -2.10. The number of hydrogen-bond donors (Lipinski definition) is 3. The van der Waals surface area contributed by atoms with Gasteiger partial charge in [-0.15, -0.1) is 0 Å². The Hall–Kier alpha value is -4.81. The van der Waals surface area contributed by atoms with Crippen molar-refractivity contribution in [1.82, 2.24) is 15.0 Å². The highest BCUT2D eigenvalue weighted by Gasteiger charge is 2.16. The number of halogens is 2. The van der Waals surface area contributed by atoms with E-state index in [9.17, 15) is 9.59 Å². The first-order chi connectivity index (χ1) is 20.9. The first-order valence-corrected chi connectivity index (χ1v) is 14.8. The van der Waals surface area contributed by atoms with Gasteiger partial charge in [-0.1, -0.05) is 83.5 Å². The quantitative estimate of drug-likeness (QED) is 0.0941. The number of benzene rings is 4. The predicted molar refractivity (Wildman–Crippen MR) is 174 cm³/mol. The lowest BCUT2D eigenvalue weighted by Crippen LogP contribution is -2.12. The molecular weight excluding hydrogens is 601 g/mol. The highest BCUT2D eigenvalue weighted by Crippen LogP contribution is 2.32. The van der Waals surface area contributed by atoms with Gasteiger partial charge >= 0.3 is 0 Å². The van der Waals surface area contributed by atoms with E-state index in [1.165, 1.54) is 17.8 Å². The van der Waals surface area contributed by atoms with Crippen LogP contribution >= 0.6 is 35.0 Å². The van der Waals surface area contributed by atoms with Gasteiger partial charge in [-0.3, -0.25) is 9.59 Å². The molecule has 1 amide bonds. The van der Waals surface area contributed by atoms with Gasteiger partial charge in [-0.05, 0) is 65.2 Å². The van der Waals surface area contributed by atoms with Crippen LogP contribution in [0.5, 0.6) is 0 Å². The molecule has 4 aromatic carbocycles. The molecule has 7 nitrogen and oxygen atoms in total. The van der Waals surface area contributed by atoms with Crippen LogP contribution in [0.4, 0.5) is 11.4 Å². The van der Waals surface area contributed by atoms with Gasteiger partial charge in [0.05, 0.1) is 22.3 Å². The summed E-state index contributed by atoms with van der Waals surface area (Å²) in [5, 5.41) is 5.02. The van der Waals surface area contributed by atoms with Gasteiger partial charge in [0.2, 0.25) is 0 Å². The maximum absolute atomic E-state index is 12.9. The number of carbonyl (C=O) groups excluding carboxylic acids is 1. The van der Waals surface area contributed by atoms with E-state index in [1.54, 1.807) is 18.2 Å². The first kappa shape index (κ1) is 28.3. The molecule has 0 aliphatic carbocycles. The maximum Gasteiger partial charge on any atom is 0.276 e. The highest BCUT2D eigenvalue weighted by atomic mass is 35.5. The molecule has 0 radical (unpaired) electrons.